The number of benzene rings is 1. The first-order valence-corrected chi connectivity index (χ1v) is 7.18. The van der Waals surface area contributed by atoms with Crippen LogP contribution in [0.5, 0.6) is 0 Å². The molecule has 2 rings (SSSR count). The number of terminal acetylenes is 1. The van der Waals surface area contributed by atoms with Gasteiger partial charge in [-0.2, -0.15) is 0 Å². The number of hydrogen-bond donors (Lipinski definition) is 1. The average molecular weight is 271 g/mol. The lowest BCUT2D eigenvalue weighted by Gasteiger charge is -2.17. The zero-order valence-corrected chi connectivity index (χ0v) is 11.9. The molecule has 0 aliphatic heterocycles. The molecule has 1 saturated carbocycles. The van der Waals surface area contributed by atoms with Crippen LogP contribution in [0.3, 0.4) is 0 Å². The van der Waals surface area contributed by atoms with E-state index >= 15 is 0 Å². The monoisotopic (exact) mass is 271 g/mol. The summed E-state index contributed by atoms with van der Waals surface area (Å²) in [5.41, 5.74) is 1.92. The molecule has 3 heteroatoms. The van der Waals surface area contributed by atoms with Crippen LogP contribution in [0.4, 0.5) is 0 Å². The molecule has 1 aliphatic carbocycles. The summed E-state index contributed by atoms with van der Waals surface area (Å²) in [5.74, 6) is 2.44. The van der Waals surface area contributed by atoms with Gasteiger partial charge >= 0.3 is 5.97 Å². The summed E-state index contributed by atoms with van der Waals surface area (Å²) < 4.78 is 5.47. The molecule has 1 fully saturated rings. The molecule has 0 saturated heterocycles. The van der Waals surface area contributed by atoms with Crippen LogP contribution < -0.4 is 5.32 Å². The molecule has 106 valence electrons. The topological polar surface area (TPSA) is 38.3 Å². The highest BCUT2D eigenvalue weighted by atomic mass is 16.5. The van der Waals surface area contributed by atoms with Crippen LogP contribution in [-0.2, 0) is 16.1 Å². The van der Waals surface area contributed by atoms with Crippen molar-refractivity contribution in [3.05, 3.63) is 35.4 Å². The van der Waals surface area contributed by atoms with Gasteiger partial charge in [0.25, 0.3) is 0 Å². The van der Waals surface area contributed by atoms with Crippen LogP contribution >= 0.6 is 0 Å². The fraction of sp³-hybridized carbons (Fsp3) is 0.471. The van der Waals surface area contributed by atoms with E-state index < -0.39 is 0 Å². The SMILES string of the molecule is C#Cc1cccc(CNC(C)C(=O)OC2CCCC2)c1. The third kappa shape index (κ3) is 4.11. The van der Waals surface area contributed by atoms with Crippen LogP contribution in [0.2, 0.25) is 0 Å². The van der Waals surface area contributed by atoms with Gasteiger partial charge in [-0.3, -0.25) is 4.79 Å². The van der Waals surface area contributed by atoms with E-state index in [4.69, 9.17) is 11.2 Å². The van der Waals surface area contributed by atoms with Crippen molar-refractivity contribution in [3.8, 4) is 12.3 Å². The van der Waals surface area contributed by atoms with Crippen LogP contribution in [0.15, 0.2) is 24.3 Å². The molecule has 0 amide bonds. The Labute approximate surface area is 120 Å². The van der Waals surface area contributed by atoms with E-state index in [2.05, 4.69) is 11.2 Å². The average Bonchev–Trinajstić information content (AvgIpc) is 2.97. The molecule has 0 heterocycles. The van der Waals surface area contributed by atoms with Crippen molar-refractivity contribution in [2.24, 2.45) is 0 Å². The maximum absolute atomic E-state index is 11.9. The van der Waals surface area contributed by atoms with Crippen molar-refractivity contribution in [2.45, 2.75) is 51.3 Å². The highest BCUT2D eigenvalue weighted by Gasteiger charge is 2.22. The van der Waals surface area contributed by atoms with E-state index in [0.29, 0.717) is 6.54 Å². The largest absolute Gasteiger partial charge is 0.461 e. The summed E-state index contributed by atoms with van der Waals surface area (Å²) in [4.78, 5) is 11.9. The zero-order chi connectivity index (χ0) is 14.4. The highest BCUT2D eigenvalue weighted by molar-refractivity contribution is 5.75. The number of rotatable bonds is 5. The summed E-state index contributed by atoms with van der Waals surface area (Å²) in [6.07, 6.45) is 9.83. The number of carbonyl (C=O) groups is 1. The van der Waals surface area contributed by atoms with E-state index in [1.807, 2.05) is 31.2 Å². The van der Waals surface area contributed by atoms with E-state index in [0.717, 1.165) is 24.0 Å². The van der Waals surface area contributed by atoms with Gasteiger partial charge in [0.2, 0.25) is 0 Å². The smallest absolute Gasteiger partial charge is 0.323 e. The van der Waals surface area contributed by atoms with Gasteiger partial charge in [0.1, 0.15) is 12.1 Å². The van der Waals surface area contributed by atoms with Gasteiger partial charge < -0.3 is 10.1 Å². The van der Waals surface area contributed by atoms with Gasteiger partial charge in [0.05, 0.1) is 0 Å². The lowest BCUT2D eigenvalue weighted by atomic mass is 10.1. The lowest BCUT2D eigenvalue weighted by Crippen LogP contribution is -2.36. The first kappa shape index (κ1) is 14.6. The van der Waals surface area contributed by atoms with E-state index in [-0.39, 0.29) is 18.1 Å². The third-order valence-electron chi connectivity index (χ3n) is 3.64. The minimum absolute atomic E-state index is 0.122. The molecule has 20 heavy (non-hydrogen) atoms. The van der Waals surface area contributed by atoms with Crippen molar-refractivity contribution in [1.29, 1.82) is 0 Å². The Bertz CT molecular complexity index is 498. The second kappa shape index (κ2) is 7.12. The molecule has 0 bridgehead atoms. The third-order valence-corrected chi connectivity index (χ3v) is 3.64. The maximum atomic E-state index is 11.9. The summed E-state index contributed by atoms with van der Waals surface area (Å²) in [7, 11) is 0. The van der Waals surface area contributed by atoms with E-state index in [1.54, 1.807) is 0 Å². The molecule has 1 aromatic rings. The van der Waals surface area contributed by atoms with Gasteiger partial charge in [-0.25, -0.2) is 0 Å². The van der Waals surface area contributed by atoms with Gasteiger partial charge in [0.15, 0.2) is 0 Å². The number of carbonyl (C=O) groups excluding carboxylic acids is 1. The molecule has 1 N–H and O–H groups in total. The molecule has 3 nitrogen and oxygen atoms in total. The Morgan fingerprint density at radius 3 is 2.95 bits per heavy atom. The Kier molecular flexibility index (Phi) is 5.20. The maximum Gasteiger partial charge on any atom is 0.323 e. The van der Waals surface area contributed by atoms with Crippen molar-refractivity contribution in [2.75, 3.05) is 0 Å². The molecular weight excluding hydrogens is 250 g/mol. The first-order valence-electron chi connectivity index (χ1n) is 7.18. The normalized spacial score (nSPS) is 16.6. The van der Waals surface area contributed by atoms with Gasteiger partial charge in [-0.1, -0.05) is 18.1 Å². The van der Waals surface area contributed by atoms with Crippen LogP contribution in [0.25, 0.3) is 0 Å². The van der Waals surface area contributed by atoms with Crippen LogP contribution in [0, 0.1) is 12.3 Å². The standard InChI is InChI=1S/C17H21NO2/c1-3-14-7-6-8-15(11-14)12-18-13(2)17(19)20-16-9-4-5-10-16/h1,6-8,11,13,16,18H,4-5,9-10,12H2,2H3. The predicted molar refractivity (Wildman–Crippen MR) is 79.0 cm³/mol. The van der Waals surface area contributed by atoms with Gasteiger partial charge in [0, 0.05) is 12.1 Å². The van der Waals surface area contributed by atoms with E-state index in [1.165, 1.54) is 12.8 Å². The number of nitrogens with one attached hydrogen (secondary N) is 1. The van der Waals surface area contributed by atoms with Crippen LogP contribution in [0.1, 0.15) is 43.7 Å². The number of hydrogen-bond acceptors (Lipinski definition) is 3. The lowest BCUT2D eigenvalue weighted by molar-refractivity contribution is -0.150. The molecular formula is C17H21NO2. The van der Waals surface area contributed by atoms with Gasteiger partial charge in [-0.05, 0) is 50.3 Å². The van der Waals surface area contributed by atoms with Crippen molar-refractivity contribution >= 4 is 5.97 Å². The first-order chi connectivity index (χ1) is 9.69. The Hall–Kier alpha value is -1.79. The summed E-state index contributed by atoms with van der Waals surface area (Å²) >= 11 is 0. The molecule has 0 aromatic heterocycles. The number of ether oxygens (including phenoxy) is 1. The minimum atomic E-state index is -0.301. The summed E-state index contributed by atoms with van der Waals surface area (Å²) in [6, 6.07) is 7.45. The van der Waals surface area contributed by atoms with Crippen molar-refractivity contribution in [3.63, 3.8) is 0 Å². The fourth-order valence-electron chi connectivity index (χ4n) is 2.40. The van der Waals surface area contributed by atoms with Gasteiger partial charge in [-0.15, -0.1) is 6.42 Å². The molecule has 1 unspecified atom stereocenters. The molecule has 0 radical (unpaired) electrons. The molecule has 1 aromatic carbocycles. The van der Waals surface area contributed by atoms with Crippen LogP contribution in [-0.4, -0.2) is 18.1 Å². The Morgan fingerprint density at radius 1 is 1.50 bits per heavy atom. The fourth-order valence-corrected chi connectivity index (χ4v) is 2.40. The zero-order valence-electron chi connectivity index (χ0n) is 11.9. The minimum Gasteiger partial charge on any atom is -0.461 e. The Morgan fingerprint density at radius 2 is 2.25 bits per heavy atom. The number of esters is 1. The molecule has 0 spiro atoms. The molecule has 1 aliphatic rings. The summed E-state index contributed by atoms with van der Waals surface area (Å²) in [5, 5.41) is 3.18. The summed E-state index contributed by atoms with van der Waals surface area (Å²) in [6.45, 7) is 2.44. The van der Waals surface area contributed by atoms with Crippen molar-refractivity contribution < 1.29 is 9.53 Å². The Balaban J connectivity index is 1.80. The second-order valence-corrected chi connectivity index (χ2v) is 5.29. The molecule has 1 atom stereocenters. The van der Waals surface area contributed by atoms with E-state index in [9.17, 15) is 4.79 Å². The van der Waals surface area contributed by atoms with Crippen molar-refractivity contribution in [1.82, 2.24) is 5.32 Å². The predicted octanol–water partition coefficient (Wildman–Crippen LogP) is 2.63. The quantitative estimate of drug-likeness (QED) is 0.661. The highest BCUT2D eigenvalue weighted by Crippen LogP contribution is 2.21. The second-order valence-electron chi connectivity index (χ2n) is 5.29.